The Morgan fingerprint density at radius 3 is 2.32 bits per heavy atom. The Morgan fingerprint density at radius 2 is 1.68 bits per heavy atom. The highest BCUT2D eigenvalue weighted by molar-refractivity contribution is 6.02. The molecule has 1 saturated heterocycles. The fraction of sp³-hybridized carbons (Fsp3) is 0.344. The average molecular weight is 557 g/mol. The summed E-state index contributed by atoms with van der Waals surface area (Å²) < 4.78 is 11.2. The van der Waals surface area contributed by atoms with Crippen molar-refractivity contribution in [2.45, 2.75) is 44.9 Å². The number of aromatic amines is 1. The smallest absolute Gasteiger partial charge is 0.263 e. The number of aromatic hydroxyl groups is 2. The summed E-state index contributed by atoms with van der Waals surface area (Å²) in [5.74, 6) is -0.125. The molecule has 1 aliphatic rings. The van der Waals surface area contributed by atoms with E-state index >= 15 is 0 Å². The van der Waals surface area contributed by atoms with Gasteiger partial charge in [0.25, 0.3) is 5.91 Å². The summed E-state index contributed by atoms with van der Waals surface area (Å²) >= 11 is 0. The summed E-state index contributed by atoms with van der Waals surface area (Å²) in [5.41, 5.74) is 4.10. The number of nitrogens with one attached hydrogen (secondary N) is 1. The highest BCUT2D eigenvalue weighted by atomic mass is 16.5. The number of aryl methyl sites for hydroxylation is 1. The van der Waals surface area contributed by atoms with E-state index in [1.165, 1.54) is 14.2 Å². The van der Waals surface area contributed by atoms with E-state index in [4.69, 9.17) is 9.47 Å². The number of amides is 1. The lowest BCUT2D eigenvalue weighted by atomic mass is 9.92. The van der Waals surface area contributed by atoms with Gasteiger partial charge in [0, 0.05) is 19.0 Å². The van der Waals surface area contributed by atoms with Crippen molar-refractivity contribution in [2.75, 3.05) is 27.3 Å². The van der Waals surface area contributed by atoms with Crippen molar-refractivity contribution < 1.29 is 24.5 Å². The largest absolute Gasteiger partial charge is 0.506 e. The van der Waals surface area contributed by atoms with Gasteiger partial charge in [0.2, 0.25) is 5.88 Å². The molecule has 2 aromatic heterocycles. The van der Waals surface area contributed by atoms with Crippen LogP contribution in [0.1, 0.15) is 60.3 Å². The molecule has 3 N–H and O–H groups in total. The molecule has 2 aromatic carbocycles. The first-order chi connectivity index (χ1) is 20.0. The number of hydrogen-bond acceptors (Lipinski definition) is 7. The highest BCUT2D eigenvalue weighted by Crippen LogP contribution is 2.47. The van der Waals surface area contributed by atoms with Gasteiger partial charge in [-0.1, -0.05) is 49.7 Å². The molecule has 1 fully saturated rings. The van der Waals surface area contributed by atoms with E-state index < -0.39 is 11.8 Å². The maximum absolute atomic E-state index is 13.8. The molecule has 0 atom stereocenters. The number of aromatic nitrogens is 3. The number of piperidine rings is 1. The monoisotopic (exact) mass is 556 g/mol. The Hall–Kier alpha value is -4.53. The fourth-order valence-electron chi connectivity index (χ4n) is 5.54. The molecule has 9 heteroatoms. The minimum atomic E-state index is -0.474. The van der Waals surface area contributed by atoms with E-state index in [1.807, 2.05) is 30.3 Å². The number of hydrogen-bond donors (Lipinski definition) is 3. The molecule has 0 spiro atoms. The second-order valence-corrected chi connectivity index (χ2v) is 10.3. The summed E-state index contributed by atoms with van der Waals surface area (Å²) in [6, 6.07) is 17.4. The van der Waals surface area contributed by atoms with Crippen LogP contribution < -0.4 is 9.47 Å². The van der Waals surface area contributed by atoms with Crippen LogP contribution in [0.4, 0.5) is 0 Å². The highest BCUT2D eigenvalue weighted by Gasteiger charge is 2.33. The molecular weight excluding hydrogens is 520 g/mol. The van der Waals surface area contributed by atoms with Crippen molar-refractivity contribution in [1.29, 1.82) is 0 Å². The van der Waals surface area contributed by atoms with Gasteiger partial charge in [-0.2, -0.15) is 5.10 Å². The van der Waals surface area contributed by atoms with Gasteiger partial charge in [0.1, 0.15) is 22.8 Å². The van der Waals surface area contributed by atoms with Crippen molar-refractivity contribution >= 4 is 5.91 Å². The summed E-state index contributed by atoms with van der Waals surface area (Å²) in [7, 11) is 3.07. The zero-order valence-electron chi connectivity index (χ0n) is 23.7. The first-order valence-electron chi connectivity index (χ1n) is 14.0. The number of carbonyl (C=O) groups is 1. The average Bonchev–Trinajstić information content (AvgIpc) is 3.50. The van der Waals surface area contributed by atoms with E-state index in [0.29, 0.717) is 60.7 Å². The SMILES string of the molecule is CCCCc1nc(O)c(C(=O)N2CCC(c3cc(-c4ccccc4)[nH]n3)CC2)c(O)c1-c1c(OC)cccc1OC. The number of rotatable bonds is 9. The maximum atomic E-state index is 13.8. The van der Waals surface area contributed by atoms with Crippen LogP contribution in [-0.2, 0) is 6.42 Å². The number of carbonyl (C=O) groups excluding carboxylic acids is 1. The molecule has 0 radical (unpaired) electrons. The lowest BCUT2D eigenvalue weighted by Crippen LogP contribution is -2.38. The third kappa shape index (κ3) is 5.57. The fourth-order valence-corrected chi connectivity index (χ4v) is 5.54. The first kappa shape index (κ1) is 28.0. The summed E-state index contributed by atoms with van der Waals surface area (Å²) in [4.78, 5) is 19.9. The van der Waals surface area contributed by atoms with Crippen molar-refractivity contribution in [3.8, 4) is 45.5 Å². The summed E-state index contributed by atoms with van der Waals surface area (Å²) in [6.07, 6.45) is 3.60. The molecule has 5 rings (SSSR count). The number of likely N-dealkylation sites (tertiary alicyclic amines) is 1. The minimum Gasteiger partial charge on any atom is -0.506 e. The number of unbranched alkanes of at least 4 members (excludes halogenated alkanes) is 1. The van der Waals surface area contributed by atoms with Crippen LogP contribution in [0.15, 0.2) is 54.6 Å². The minimum absolute atomic E-state index is 0.193. The van der Waals surface area contributed by atoms with E-state index in [1.54, 1.807) is 23.1 Å². The van der Waals surface area contributed by atoms with Gasteiger partial charge in [-0.15, -0.1) is 0 Å². The zero-order chi connectivity index (χ0) is 28.9. The van der Waals surface area contributed by atoms with Gasteiger partial charge >= 0.3 is 0 Å². The Morgan fingerprint density at radius 1 is 1.00 bits per heavy atom. The van der Waals surface area contributed by atoms with E-state index in [2.05, 4.69) is 28.2 Å². The number of ether oxygens (including phenoxy) is 2. The number of methoxy groups -OCH3 is 2. The van der Waals surface area contributed by atoms with Crippen LogP contribution in [0.25, 0.3) is 22.4 Å². The van der Waals surface area contributed by atoms with Gasteiger partial charge in [0.15, 0.2) is 0 Å². The van der Waals surface area contributed by atoms with Crippen LogP contribution in [0.2, 0.25) is 0 Å². The van der Waals surface area contributed by atoms with Crippen molar-refractivity contribution in [2.24, 2.45) is 0 Å². The van der Waals surface area contributed by atoms with E-state index in [0.717, 1.165) is 29.8 Å². The molecule has 214 valence electrons. The molecule has 41 heavy (non-hydrogen) atoms. The lowest BCUT2D eigenvalue weighted by Gasteiger charge is -2.31. The molecule has 1 aliphatic heterocycles. The molecule has 4 aromatic rings. The Labute approximate surface area is 239 Å². The number of pyridine rings is 1. The Kier molecular flexibility index (Phi) is 8.42. The van der Waals surface area contributed by atoms with Crippen LogP contribution in [0.3, 0.4) is 0 Å². The van der Waals surface area contributed by atoms with Gasteiger partial charge < -0.3 is 24.6 Å². The van der Waals surface area contributed by atoms with Crippen molar-refractivity contribution in [3.05, 3.63) is 71.5 Å². The molecule has 0 bridgehead atoms. The van der Waals surface area contributed by atoms with Crippen LogP contribution >= 0.6 is 0 Å². The van der Waals surface area contributed by atoms with E-state index in [9.17, 15) is 15.0 Å². The molecule has 0 aliphatic carbocycles. The number of H-pyrrole nitrogens is 1. The second-order valence-electron chi connectivity index (χ2n) is 10.3. The van der Waals surface area contributed by atoms with Crippen molar-refractivity contribution in [3.63, 3.8) is 0 Å². The number of nitrogens with zero attached hydrogens (tertiary/aromatic N) is 3. The molecular formula is C32H36N4O5. The Balaban J connectivity index is 1.43. The predicted molar refractivity (Wildman–Crippen MR) is 157 cm³/mol. The van der Waals surface area contributed by atoms with Crippen LogP contribution in [0, 0.1) is 0 Å². The summed E-state index contributed by atoms with van der Waals surface area (Å²) in [5, 5.41) is 30.2. The maximum Gasteiger partial charge on any atom is 0.263 e. The van der Waals surface area contributed by atoms with Crippen molar-refractivity contribution in [1.82, 2.24) is 20.1 Å². The standard InChI is InChI=1S/C32H36N4O5/c1-4-5-12-22-27(28-25(40-2)13-9-14-26(28)41-3)30(37)29(31(38)33-22)32(39)36-17-15-21(16-18-36)24-19-23(34-35-24)20-10-7-6-8-11-20/h6-11,13-14,19,21H,4-5,12,15-18H2,1-3H3,(H,34,35)(H2,33,37,38). The van der Waals surface area contributed by atoms with Gasteiger partial charge in [0.05, 0.1) is 42.4 Å². The van der Waals surface area contributed by atoms with Gasteiger partial charge in [-0.25, -0.2) is 4.98 Å². The summed E-state index contributed by atoms with van der Waals surface area (Å²) in [6.45, 7) is 2.97. The zero-order valence-corrected chi connectivity index (χ0v) is 23.7. The number of benzene rings is 2. The second kappa shape index (κ2) is 12.3. The third-order valence-electron chi connectivity index (χ3n) is 7.77. The quantitative estimate of drug-likeness (QED) is 0.234. The Bertz CT molecular complexity index is 1490. The van der Waals surface area contributed by atoms with Crippen LogP contribution in [0.5, 0.6) is 23.1 Å². The molecule has 9 nitrogen and oxygen atoms in total. The van der Waals surface area contributed by atoms with Gasteiger partial charge in [-0.3, -0.25) is 9.89 Å². The van der Waals surface area contributed by atoms with E-state index in [-0.39, 0.29) is 17.2 Å². The van der Waals surface area contributed by atoms with Crippen LogP contribution in [-0.4, -0.2) is 63.5 Å². The first-order valence-corrected chi connectivity index (χ1v) is 14.0. The molecule has 1 amide bonds. The molecule has 0 unspecified atom stereocenters. The van der Waals surface area contributed by atoms with Gasteiger partial charge in [-0.05, 0) is 49.4 Å². The topological polar surface area (TPSA) is 121 Å². The third-order valence-corrected chi connectivity index (χ3v) is 7.77. The molecule has 0 saturated carbocycles. The lowest BCUT2D eigenvalue weighted by molar-refractivity contribution is 0.0705. The molecule has 3 heterocycles. The normalized spacial score (nSPS) is 13.8. The predicted octanol–water partition coefficient (Wildman–Crippen LogP) is 5.93.